The summed E-state index contributed by atoms with van der Waals surface area (Å²) >= 11 is 0. The summed E-state index contributed by atoms with van der Waals surface area (Å²) in [6.45, 7) is 6.10. The molecule has 0 aromatic carbocycles. The van der Waals surface area contributed by atoms with E-state index >= 15 is 0 Å². The number of carbonyl (C=O) groups excluding carboxylic acids is 1. The molecule has 1 aromatic rings. The van der Waals surface area contributed by atoms with E-state index in [4.69, 9.17) is 0 Å². The van der Waals surface area contributed by atoms with E-state index in [2.05, 4.69) is 29.6 Å². The molecule has 2 heterocycles. The van der Waals surface area contributed by atoms with E-state index in [-0.39, 0.29) is 5.91 Å². The molecular weight excluding hydrogens is 216 g/mol. The van der Waals surface area contributed by atoms with E-state index in [1.165, 1.54) is 0 Å². The molecule has 0 spiro atoms. The van der Waals surface area contributed by atoms with E-state index in [1.807, 2.05) is 16.9 Å². The second-order valence-corrected chi connectivity index (χ2v) is 4.89. The average Bonchev–Trinajstić information content (AvgIpc) is 2.88. The Morgan fingerprint density at radius 3 is 3.12 bits per heavy atom. The Kier molecular flexibility index (Phi) is 3.78. The average molecular weight is 236 g/mol. The normalized spacial score (nSPS) is 19.8. The molecule has 5 heteroatoms. The molecule has 1 aliphatic heterocycles. The minimum absolute atomic E-state index is 0.0627. The lowest BCUT2D eigenvalue weighted by Gasteiger charge is -2.07. The maximum Gasteiger partial charge on any atom is 0.225 e. The highest BCUT2D eigenvalue weighted by Gasteiger charge is 2.18. The first-order chi connectivity index (χ1) is 8.15. The smallest absolute Gasteiger partial charge is 0.225 e. The van der Waals surface area contributed by atoms with Crippen LogP contribution in [-0.2, 0) is 4.79 Å². The summed E-state index contributed by atoms with van der Waals surface area (Å²) in [5.41, 5.74) is 0. The predicted molar refractivity (Wildman–Crippen MR) is 66.8 cm³/mol. The Bertz CT molecular complexity index is 380. The maximum atomic E-state index is 11.8. The van der Waals surface area contributed by atoms with Gasteiger partial charge < -0.3 is 10.6 Å². The first-order valence-electron chi connectivity index (χ1n) is 6.21. The summed E-state index contributed by atoms with van der Waals surface area (Å²) < 4.78 is 1.84. The fourth-order valence-corrected chi connectivity index (χ4v) is 2.04. The molecule has 0 radical (unpaired) electrons. The van der Waals surface area contributed by atoms with Crippen molar-refractivity contribution >= 4 is 11.7 Å². The van der Waals surface area contributed by atoms with Gasteiger partial charge in [-0.1, -0.05) is 0 Å². The monoisotopic (exact) mass is 236 g/mol. The molecule has 94 valence electrons. The van der Waals surface area contributed by atoms with Crippen LogP contribution < -0.4 is 10.6 Å². The second-order valence-electron chi connectivity index (χ2n) is 4.89. The molecular formula is C12H20N4O. The minimum atomic E-state index is 0.0627. The lowest BCUT2D eigenvalue weighted by molar-refractivity contribution is -0.117. The molecule has 17 heavy (non-hydrogen) atoms. The number of hydrogen-bond acceptors (Lipinski definition) is 3. The SMILES string of the molecule is CC(C)n1ccc(NC(=O)CC2CCNC2)n1. The Morgan fingerprint density at radius 1 is 1.71 bits per heavy atom. The van der Waals surface area contributed by atoms with Crippen LogP contribution in [0.5, 0.6) is 0 Å². The Hall–Kier alpha value is -1.36. The highest BCUT2D eigenvalue weighted by molar-refractivity contribution is 5.89. The number of hydrogen-bond donors (Lipinski definition) is 2. The largest absolute Gasteiger partial charge is 0.316 e. The molecule has 1 unspecified atom stereocenters. The fourth-order valence-electron chi connectivity index (χ4n) is 2.04. The molecule has 0 aliphatic carbocycles. The van der Waals surface area contributed by atoms with Gasteiger partial charge in [-0.25, -0.2) is 0 Å². The summed E-state index contributed by atoms with van der Waals surface area (Å²) in [5.74, 6) is 1.18. The zero-order valence-electron chi connectivity index (χ0n) is 10.4. The number of rotatable bonds is 4. The Balaban J connectivity index is 1.84. The van der Waals surface area contributed by atoms with Crippen LogP contribution in [-0.4, -0.2) is 28.8 Å². The van der Waals surface area contributed by atoms with Gasteiger partial charge in [0.1, 0.15) is 0 Å². The van der Waals surface area contributed by atoms with Gasteiger partial charge in [0.2, 0.25) is 5.91 Å². The molecule has 0 saturated carbocycles. The van der Waals surface area contributed by atoms with Crippen molar-refractivity contribution < 1.29 is 4.79 Å². The van der Waals surface area contributed by atoms with Gasteiger partial charge in [-0.05, 0) is 39.3 Å². The van der Waals surface area contributed by atoms with Gasteiger partial charge in [-0.3, -0.25) is 9.48 Å². The van der Waals surface area contributed by atoms with Crippen LogP contribution in [0.4, 0.5) is 5.82 Å². The summed E-state index contributed by atoms with van der Waals surface area (Å²) in [6, 6.07) is 2.16. The summed E-state index contributed by atoms with van der Waals surface area (Å²) in [7, 11) is 0. The number of anilines is 1. The number of carbonyl (C=O) groups is 1. The van der Waals surface area contributed by atoms with Crippen molar-refractivity contribution in [1.29, 1.82) is 0 Å². The highest BCUT2D eigenvalue weighted by atomic mass is 16.1. The van der Waals surface area contributed by atoms with E-state index in [0.29, 0.717) is 24.2 Å². The van der Waals surface area contributed by atoms with Gasteiger partial charge in [0.15, 0.2) is 5.82 Å². The first-order valence-corrected chi connectivity index (χ1v) is 6.21. The van der Waals surface area contributed by atoms with Crippen LogP contribution in [0.1, 0.15) is 32.7 Å². The minimum Gasteiger partial charge on any atom is -0.316 e. The second kappa shape index (κ2) is 5.31. The lowest BCUT2D eigenvalue weighted by Crippen LogP contribution is -2.18. The van der Waals surface area contributed by atoms with E-state index in [0.717, 1.165) is 19.5 Å². The van der Waals surface area contributed by atoms with Crippen molar-refractivity contribution in [2.24, 2.45) is 5.92 Å². The molecule has 1 fully saturated rings. The van der Waals surface area contributed by atoms with Crippen LogP contribution >= 0.6 is 0 Å². The molecule has 0 bridgehead atoms. The number of aromatic nitrogens is 2. The number of amides is 1. The number of nitrogens with zero attached hydrogens (tertiary/aromatic N) is 2. The van der Waals surface area contributed by atoms with Crippen molar-refractivity contribution in [2.75, 3.05) is 18.4 Å². The number of nitrogens with one attached hydrogen (secondary N) is 2. The summed E-state index contributed by atoms with van der Waals surface area (Å²) in [5, 5.41) is 10.4. The lowest BCUT2D eigenvalue weighted by atomic mass is 10.0. The van der Waals surface area contributed by atoms with Crippen LogP contribution in [0.25, 0.3) is 0 Å². The molecule has 2 N–H and O–H groups in total. The van der Waals surface area contributed by atoms with E-state index < -0.39 is 0 Å². The van der Waals surface area contributed by atoms with Gasteiger partial charge in [-0.15, -0.1) is 0 Å². The molecule has 1 aromatic heterocycles. The van der Waals surface area contributed by atoms with Crippen molar-refractivity contribution in [3.05, 3.63) is 12.3 Å². The van der Waals surface area contributed by atoms with Crippen molar-refractivity contribution in [1.82, 2.24) is 15.1 Å². The fraction of sp³-hybridized carbons (Fsp3) is 0.667. The van der Waals surface area contributed by atoms with E-state index in [1.54, 1.807) is 0 Å². The Morgan fingerprint density at radius 2 is 2.53 bits per heavy atom. The molecule has 1 aliphatic rings. The molecule has 1 saturated heterocycles. The quantitative estimate of drug-likeness (QED) is 0.831. The summed E-state index contributed by atoms with van der Waals surface area (Å²) in [6.07, 6.45) is 3.56. The third kappa shape index (κ3) is 3.30. The topological polar surface area (TPSA) is 59.0 Å². The van der Waals surface area contributed by atoms with Gasteiger partial charge in [-0.2, -0.15) is 5.10 Å². The maximum absolute atomic E-state index is 11.8. The molecule has 1 atom stereocenters. The van der Waals surface area contributed by atoms with Gasteiger partial charge in [0.05, 0.1) is 0 Å². The van der Waals surface area contributed by atoms with Crippen LogP contribution in [0.15, 0.2) is 12.3 Å². The van der Waals surface area contributed by atoms with Crippen LogP contribution in [0.3, 0.4) is 0 Å². The molecule has 5 nitrogen and oxygen atoms in total. The summed E-state index contributed by atoms with van der Waals surface area (Å²) in [4.78, 5) is 11.8. The van der Waals surface area contributed by atoms with Gasteiger partial charge in [0, 0.05) is 24.7 Å². The van der Waals surface area contributed by atoms with Crippen molar-refractivity contribution in [3.8, 4) is 0 Å². The van der Waals surface area contributed by atoms with Crippen LogP contribution in [0.2, 0.25) is 0 Å². The zero-order valence-corrected chi connectivity index (χ0v) is 10.4. The van der Waals surface area contributed by atoms with Crippen molar-refractivity contribution in [3.63, 3.8) is 0 Å². The Labute approximate surface area is 102 Å². The van der Waals surface area contributed by atoms with Crippen molar-refractivity contribution in [2.45, 2.75) is 32.7 Å². The molecule has 1 amide bonds. The molecule has 2 rings (SSSR count). The predicted octanol–water partition coefficient (Wildman–Crippen LogP) is 1.40. The third-order valence-electron chi connectivity index (χ3n) is 3.04. The van der Waals surface area contributed by atoms with Gasteiger partial charge >= 0.3 is 0 Å². The van der Waals surface area contributed by atoms with Gasteiger partial charge in [0.25, 0.3) is 0 Å². The third-order valence-corrected chi connectivity index (χ3v) is 3.04. The zero-order chi connectivity index (χ0) is 12.3. The van der Waals surface area contributed by atoms with E-state index in [9.17, 15) is 4.79 Å². The standard InChI is InChI=1S/C12H20N4O/c1-9(2)16-6-4-11(15-16)14-12(17)7-10-3-5-13-8-10/h4,6,9-10,13H,3,5,7-8H2,1-2H3,(H,14,15,17). The first kappa shape index (κ1) is 12.1. The van der Waals surface area contributed by atoms with Crippen LogP contribution in [0, 0.1) is 5.92 Å². The highest BCUT2D eigenvalue weighted by Crippen LogP contribution is 2.14.